The number of carbonyl (C=O) groups excluding carboxylic acids is 2. The Morgan fingerprint density at radius 3 is 2.44 bits per heavy atom. The second-order valence-electron chi connectivity index (χ2n) is 4.21. The van der Waals surface area contributed by atoms with E-state index in [9.17, 15) is 19.8 Å². The van der Waals surface area contributed by atoms with Gasteiger partial charge in [0.2, 0.25) is 5.78 Å². The third-order valence-electron chi connectivity index (χ3n) is 3.12. The number of hydrogen-bond acceptors (Lipinski definition) is 4. The Kier molecular flexibility index (Phi) is 1.90. The fraction of sp³-hybridized carbons (Fsp3) is 0.0769. The van der Waals surface area contributed by atoms with Gasteiger partial charge < -0.3 is 14.8 Å². The van der Waals surface area contributed by atoms with Gasteiger partial charge in [0.1, 0.15) is 17.2 Å². The van der Waals surface area contributed by atoms with Gasteiger partial charge in [0.05, 0.1) is 11.1 Å². The van der Waals surface area contributed by atoms with Crippen LogP contribution in [0.5, 0.6) is 11.5 Å². The number of nitrogens with zero attached hydrogens (tertiary/aromatic N) is 1. The number of aryl methyl sites for hydroxylation is 1. The van der Waals surface area contributed by atoms with Crippen LogP contribution in [0.4, 0.5) is 0 Å². The zero-order chi connectivity index (χ0) is 13.0. The fourth-order valence-electron chi connectivity index (χ4n) is 2.33. The molecule has 0 atom stereocenters. The van der Waals surface area contributed by atoms with Gasteiger partial charge in [-0.05, 0) is 6.07 Å². The summed E-state index contributed by atoms with van der Waals surface area (Å²) in [6.07, 6.45) is 1.31. The minimum Gasteiger partial charge on any atom is -0.507 e. The molecule has 0 aliphatic heterocycles. The van der Waals surface area contributed by atoms with Crippen LogP contribution in [-0.2, 0) is 7.05 Å². The average molecular weight is 243 g/mol. The maximum Gasteiger partial charge on any atom is 0.214 e. The molecule has 0 radical (unpaired) electrons. The van der Waals surface area contributed by atoms with Crippen LogP contribution in [0.3, 0.4) is 0 Å². The van der Waals surface area contributed by atoms with E-state index in [1.165, 1.54) is 29.0 Å². The Morgan fingerprint density at radius 2 is 1.72 bits per heavy atom. The summed E-state index contributed by atoms with van der Waals surface area (Å²) in [5.74, 6) is -1.36. The molecule has 90 valence electrons. The van der Waals surface area contributed by atoms with Crippen molar-refractivity contribution in [3.8, 4) is 11.5 Å². The number of phenolic OH excluding ortho intramolecular Hbond substituents is 1. The molecule has 1 aliphatic rings. The average Bonchev–Trinajstić information content (AvgIpc) is 2.61. The molecular weight excluding hydrogens is 234 g/mol. The van der Waals surface area contributed by atoms with Gasteiger partial charge in [-0.2, -0.15) is 0 Å². The molecular formula is C13H9NO4. The largest absolute Gasteiger partial charge is 0.507 e. The van der Waals surface area contributed by atoms with Crippen molar-refractivity contribution < 1.29 is 19.8 Å². The van der Waals surface area contributed by atoms with Crippen LogP contribution in [-0.4, -0.2) is 26.3 Å². The molecule has 2 aromatic rings. The monoisotopic (exact) mass is 243 g/mol. The van der Waals surface area contributed by atoms with E-state index in [0.717, 1.165) is 0 Å². The molecule has 2 N–H and O–H groups in total. The van der Waals surface area contributed by atoms with Crippen LogP contribution < -0.4 is 0 Å². The number of benzene rings is 1. The van der Waals surface area contributed by atoms with Crippen molar-refractivity contribution >= 4 is 11.6 Å². The summed E-state index contributed by atoms with van der Waals surface area (Å²) in [6.45, 7) is 0. The number of hydrogen-bond donors (Lipinski definition) is 2. The summed E-state index contributed by atoms with van der Waals surface area (Å²) in [7, 11) is 1.56. The number of rotatable bonds is 0. The Labute approximate surface area is 102 Å². The van der Waals surface area contributed by atoms with E-state index >= 15 is 0 Å². The first kappa shape index (κ1) is 10.6. The summed E-state index contributed by atoms with van der Waals surface area (Å²) in [4.78, 5) is 24.5. The third-order valence-corrected chi connectivity index (χ3v) is 3.12. The van der Waals surface area contributed by atoms with Crippen molar-refractivity contribution in [2.24, 2.45) is 7.05 Å². The highest BCUT2D eigenvalue weighted by atomic mass is 16.3. The molecule has 1 aliphatic carbocycles. The number of fused-ring (bicyclic) bond motifs is 2. The molecule has 18 heavy (non-hydrogen) atoms. The van der Waals surface area contributed by atoms with Crippen LogP contribution in [0.15, 0.2) is 24.4 Å². The lowest BCUT2D eigenvalue weighted by Gasteiger charge is -2.16. The topological polar surface area (TPSA) is 79.5 Å². The molecule has 0 spiro atoms. The molecule has 0 bridgehead atoms. The highest BCUT2D eigenvalue weighted by Crippen LogP contribution is 2.36. The van der Waals surface area contributed by atoms with Gasteiger partial charge in [0.25, 0.3) is 0 Å². The molecule has 5 heteroatoms. The molecule has 0 saturated carbocycles. The van der Waals surface area contributed by atoms with Crippen LogP contribution >= 0.6 is 0 Å². The summed E-state index contributed by atoms with van der Waals surface area (Å²) in [6, 6.07) is 4.31. The van der Waals surface area contributed by atoms with E-state index in [1.807, 2.05) is 0 Å². The number of ketones is 2. The zero-order valence-corrected chi connectivity index (χ0v) is 9.47. The first-order chi connectivity index (χ1) is 8.52. The summed E-state index contributed by atoms with van der Waals surface area (Å²) in [5, 5.41) is 19.4. The lowest BCUT2D eigenvalue weighted by Crippen LogP contribution is -2.22. The number of aromatic hydroxyl groups is 2. The van der Waals surface area contributed by atoms with Crippen molar-refractivity contribution in [1.82, 2.24) is 4.57 Å². The van der Waals surface area contributed by atoms with Crippen LogP contribution in [0.2, 0.25) is 0 Å². The molecule has 0 fully saturated rings. The van der Waals surface area contributed by atoms with E-state index in [0.29, 0.717) is 0 Å². The lowest BCUT2D eigenvalue weighted by molar-refractivity contribution is 0.0970. The van der Waals surface area contributed by atoms with Gasteiger partial charge in [-0.1, -0.05) is 12.1 Å². The Morgan fingerprint density at radius 1 is 1.00 bits per heavy atom. The van der Waals surface area contributed by atoms with E-state index < -0.39 is 11.6 Å². The Hall–Kier alpha value is -2.56. The second-order valence-corrected chi connectivity index (χ2v) is 4.21. The fourth-order valence-corrected chi connectivity index (χ4v) is 2.33. The summed E-state index contributed by atoms with van der Waals surface area (Å²) in [5.41, 5.74) is 0.220. The minimum atomic E-state index is -0.458. The van der Waals surface area contributed by atoms with Gasteiger partial charge in [0, 0.05) is 18.8 Å². The third kappa shape index (κ3) is 1.10. The molecule has 1 aromatic carbocycles. The quantitative estimate of drug-likeness (QED) is 0.622. The smallest absolute Gasteiger partial charge is 0.214 e. The van der Waals surface area contributed by atoms with Gasteiger partial charge in [-0.25, -0.2) is 0 Å². The first-order valence-electron chi connectivity index (χ1n) is 5.32. The zero-order valence-electron chi connectivity index (χ0n) is 9.47. The number of carbonyl (C=O) groups is 2. The number of phenols is 1. The molecule has 0 amide bonds. The van der Waals surface area contributed by atoms with Crippen LogP contribution in [0.1, 0.15) is 32.0 Å². The Bertz CT molecular complexity index is 712. The van der Waals surface area contributed by atoms with Gasteiger partial charge in [-0.15, -0.1) is 0 Å². The predicted octanol–water partition coefficient (Wildman–Crippen LogP) is 1.21. The highest BCUT2D eigenvalue weighted by molar-refractivity contribution is 6.29. The summed E-state index contributed by atoms with van der Waals surface area (Å²) < 4.78 is 1.39. The van der Waals surface area contributed by atoms with E-state index in [4.69, 9.17) is 0 Å². The first-order valence-corrected chi connectivity index (χ1v) is 5.32. The summed E-state index contributed by atoms with van der Waals surface area (Å²) >= 11 is 0. The molecule has 0 unspecified atom stereocenters. The van der Waals surface area contributed by atoms with Crippen molar-refractivity contribution in [3.63, 3.8) is 0 Å². The van der Waals surface area contributed by atoms with Crippen LogP contribution in [0.25, 0.3) is 0 Å². The van der Waals surface area contributed by atoms with Gasteiger partial charge >= 0.3 is 0 Å². The van der Waals surface area contributed by atoms with Gasteiger partial charge in [0.15, 0.2) is 5.78 Å². The van der Waals surface area contributed by atoms with Crippen molar-refractivity contribution in [2.75, 3.05) is 0 Å². The van der Waals surface area contributed by atoms with Crippen molar-refractivity contribution in [3.05, 3.63) is 46.8 Å². The predicted molar refractivity (Wildman–Crippen MR) is 62.0 cm³/mol. The van der Waals surface area contributed by atoms with Crippen molar-refractivity contribution in [2.45, 2.75) is 0 Å². The molecule has 3 rings (SSSR count). The SMILES string of the molecule is Cn1cc(O)c2c1C(=O)c1c(O)cccc1C2=O. The van der Waals surface area contributed by atoms with Gasteiger partial charge in [-0.3, -0.25) is 9.59 Å². The number of aromatic nitrogens is 1. The molecule has 1 heterocycles. The minimum absolute atomic E-state index is 0.000556. The lowest BCUT2D eigenvalue weighted by atomic mass is 9.87. The maximum atomic E-state index is 12.3. The Balaban J connectivity index is 2.41. The van der Waals surface area contributed by atoms with E-state index in [1.54, 1.807) is 7.05 Å². The van der Waals surface area contributed by atoms with Crippen molar-refractivity contribution in [1.29, 1.82) is 0 Å². The standard InChI is InChI=1S/C13H9NO4/c1-14-5-8(16)10-11(14)13(18)9-6(12(10)17)3-2-4-7(9)15/h2-5,15-16H,1H3. The second kappa shape index (κ2) is 3.22. The molecule has 5 nitrogen and oxygen atoms in total. The maximum absolute atomic E-state index is 12.3. The van der Waals surface area contributed by atoms with Crippen LogP contribution in [0, 0.1) is 0 Å². The molecule has 0 saturated heterocycles. The highest BCUT2D eigenvalue weighted by Gasteiger charge is 2.36. The van der Waals surface area contributed by atoms with E-state index in [-0.39, 0.29) is 33.9 Å². The molecule has 1 aromatic heterocycles. The van der Waals surface area contributed by atoms with E-state index in [2.05, 4.69) is 0 Å². The normalized spacial score (nSPS) is 13.4.